The molecule has 0 aromatic heterocycles. The van der Waals surface area contributed by atoms with Gasteiger partial charge in [0.15, 0.2) is 11.6 Å². The standard InChI is InChI=1S/C15H15BrF2N2O/c1-8-3-5-10(14(18)13(8)17)15(20-19)9-4-6-12(21-2)11(16)7-9/h3-7,15,20H,19H2,1-2H3. The third-order valence-electron chi connectivity index (χ3n) is 3.29. The van der Waals surface area contributed by atoms with E-state index in [9.17, 15) is 8.78 Å². The summed E-state index contributed by atoms with van der Waals surface area (Å²) in [6.07, 6.45) is 0. The van der Waals surface area contributed by atoms with Gasteiger partial charge in [-0.3, -0.25) is 5.84 Å². The van der Waals surface area contributed by atoms with Crippen LogP contribution in [0.15, 0.2) is 34.8 Å². The molecule has 0 amide bonds. The summed E-state index contributed by atoms with van der Waals surface area (Å²) in [4.78, 5) is 0. The van der Waals surface area contributed by atoms with Gasteiger partial charge in [0.1, 0.15) is 5.75 Å². The van der Waals surface area contributed by atoms with E-state index in [1.165, 1.54) is 19.1 Å². The Morgan fingerprint density at radius 2 is 1.90 bits per heavy atom. The summed E-state index contributed by atoms with van der Waals surface area (Å²) < 4.78 is 33.7. The van der Waals surface area contributed by atoms with Gasteiger partial charge in [-0.25, -0.2) is 14.2 Å². The SMILES string of the molecule is COc1ccc(C(NN)c2ccc(C)c(F)c2F)cc1Br. The van der Waals surface area contributed by atoms with Crippen LogP contribution in [0.4, 0.5) is 8.78 Å². The lowest BCUT2D eigenvalue weighted by Crippen LogP contribution is -2.29. The van der Waals surface area contributed by atoms with Crippen molar-refractivity contribution in [3.05, 3.63) is 63.1 Å². The van der Waals surface area contributed by atoms with Crippen LogP contribution in [0.2, 0.25) is 0 Å². The zero-order valence-electron chi connectivity index (χ0n) is 11.6. The van der Waals surface area contributed by atoms with Gasteiger partial charge in [0.05, 0.1) is 17.6 Å². The lowest BCUT2D eigenvalue weighted by Gasteiger charge is -2.19. The highest BCUT2D eigenvalue weighted by Gasteiger charge is 2.21. The van der Waals surface area contributed by atoms with Crippen molar-refractivity contribution in [1.29, 1.82) is 0 Å². The lowest BCUT2D eigenvalue weighted by molar-refractivity contribution is 0.411. The van der Waals surface area contributed by atoms with E-state index in [0.717, 1.165) is 0 Å². The van der Waals surface area contributed by atoms with Crippen LogP contribution in [-0.2, 0) is 0 Å². The summed E-state index contributed by atoms with van der Waals surface area (Å²) in [7, 11) is 1.55. The molecule has 0 aliphatic rings. The molecule has 0 fully saturated rings. The second-order valence-corrected chi connectivity index (χ2v) is 5.45. The predicted octanol–water partition coefficient (Wildman–Crippen LogP) is 3.60. The molecule has 0 bridgehead atoms. The van der Waals surface area contributed by atoms with Crippen LogP contribution in [0.3, 0.4) is 0 Å². The zero-order chi connectivity index (χ0) is 15.6. The Balaban J connectivity index is 2.50. The first-order valence-electron chi connectivity index (χ1n) is 6.23. The van der Waals surface area contributed by atoms with Crippen LogP contribution in [0, 0.1) is 18.6 Å². The fraction of sp³-hybridized carbons (Fsp3) is 0.200. The van der Waals surface area contributed by atoms with Crippen molar-refractivity contribution in [2.45, 2.75) is 13.0 Å². The molecule has 1 atom stereocenters. The maximum atomic E-state index is 14.1. The zero-order valence-corrected chi connectivity index (χ0v) is 13.2. The van der Waals surface area contributed by atoms with Crippen LogP contribution in [0.1, 0.15) is 22.7 Å². The Morgan fingerprint density at radius 1 is 1.19 bits per heavy atom. The molecule has 2 aromatic rings. The first-order chi connectivity index (χ1) is 9.99. The molecular weight excluding hydrogens is 342 g/mol. The fourth-order valence-corrected chi connectivity index (χ4v) is 2.67. The van der Waals surface area contributed by atoms with Crippen LogP contribution in [0.5, 0.6) is 5.75 Å². The molecule has 0 heterocycles. The Hall–Kier alpha value is -1.50. The number of aryl methyl sites for hydroxylation is 1. The van der Waals surface area contributed by atoms with Gasteiger partial charge < -0.3 is 4.74 Å². The van der Waals surface area contributed by atoms with E-state index in [4.69, 9.17) is 10.6 Å². The number of hydrogen-bond donors (Lipinski definition) is 2. The van der Waals surface area contributed by atoms with Crippen molar-refractivity contribution in [3.8, 4) is 5.75 Å². The lowest BCUT2D eigenvalue weighted by atomic mass is 9.97. The van der Waals surface area contributed by atoms with Crippen LogP contribution >= 0.6 is 15.9 Å². The number of hydrazine groups is 1. The van der Waals surface area contributed by atoms with E-state index in [1.807, 2.05) is 0 Å². The number of ether oxygens (including phenoxy) is 1. The number of halogens is 3. The Labute approximate surface area is 130 Å². The maximum absolute atomic E-state index is 14.1. The highest BCUT2D eigenvalue weighted by atomic mass is 79.9. The molecule has 0 aliphatic heterocycles. The third-order valence-corrected chi connectivity index (χ3v) is 3.91. The van der Waals surface area contributed by atoms with Crippen molar-refractivity contribution in [2.24, 2.45) is 5.84 Å². The molecule has 0 spiro atoms. The van der Waals surface area contributed by atoms with Gasteiger partial charge in [-0.15, -0.1) is 0 Å². The van der Waals surface area contributed by atoms with Gasteiger partial charge in [0.25, 0.3) is 0 Å². The van der Waals surface area contributed by atoms with Crippen molar-refractivity contribution in [2.75, 3.05) is 7.11 Å². The van der Waals surface area contributed by atoms with Crippen molar-refractivity contribution >= 4 is 15.9 Å². The molecule has 21 heavy (non-hydrogen) atoms. The second-order valence-electron chi connectivity index (χ2n) is 4.59. The van der Waals surface area contributed by atoms with Gasteiger partial charge in [0, 0.05) is 5.56 Å². The number of nitrogens with one attached hydrogen (secondary N) is 1. The van der Waals surface area contributed by atoms with Gasteiger partial charge >= 0.3 is 0 Å². The van der Waals surface area contributed by atoms with Gasteiger partial charge in [0.2, 0.25) is 0 Å². The van der Waals surface area contributed by atoms with Gasteiger partial charge in [-0.05, 0) is 46.1 Å². The molecule has 2 aromatic carbocycles. The molecule has 112 valence electrons. The monoisotopic (exact) mass is 356 g/mol. The third kappa shape index (κ3) is 3.07. The van der Waals surface area contributed by atoms with Crippen molar-refractivity contribution in [1.82, 2.24) is 5.43 Å². The number of hydrogen-bond acceptors (Lipinski definition) is 3. The molecule has 0 radical (unpaired) electrons. The Kier molecular flexibility index (Phi) is 4.92. The average Bonchev–Trinajstić information content (AvgIpc) is 2.48. The fourth-order valence-electron chi connectivity index (χ4n) is 2.11. The van der Waals surface area contributed by atoms with Gasteiger partial charge in [-0.1, -0.05) is 18.2 Å². The van der Waals surface area contributed by atoms with Gasteiger partial charge in [-0.2, -0.15) is 0 Å². The molecule has 2 rings (SSSR count). The first-order valence-corrected chi connectivity index (χ1v) is 7.03. The molecular formula is C15H15BrF2N2O. The minimum absolute atomic E-state index is 0.151. The molecule has 0 saturated heterocycles. The Morgan fingerprint density at radius 3 is 2.48 bits per heavy atom. The summed E-state index contributed by atoms with van der Waals surface area (Å²) in [5, 5.41) is 0. The van der Waals surface area contributed by atoms with E-state index < -0.39 is 17.7 Å². The summed E-state index contributed by atoms with van der Waals surface area (Å²) in [6, 6.07) is 7.60. The number of nitrogens with two attached hydrogens (primary N) is 1. The average molecular weight is 357 g/mol. The Bertz CT molecular complexity index is 664. The van der Waals surface area contributed by atoms with E-state index in [0.29, 0.717) is 15.8 Å². The van der Waals surface area contributed by atoms with Crippen molar-refractivity contribution < 1.29 is 13.5 Å². The van der Waals surface area contributed by atoms with Crippen LogP contribution in [-0.4, -0.2) is 7.11 Å². The maximum Gasteiger partial charge on any atom is 0.164 e. The largest absolute Gasteiger partial charge is 0.496 e. The number of benzene rings is 2. The smallest absolute Gasteiger partial charge is 0.164 e. The van der Waals surface area contributed by atoms with E-state index in [-0.39, 0.29) is 11.1 Å². The predicted molar refractivity (Wildman–Crippen MR) is 81.0 cm³/mol. The highest BCUT2D eigenvalue weighted by Crippen LogP contribution is 2.32. The summed E-state index contributed by atoms with van der Waals surface area (Å²) in [6.45, 7) is 1.51. The molecule has 3 nitrogen and oxygen atoms in total. The summed E-state index contributed by atoms with van der Waals surface area (Å²) in [5.41, 5.74) is 3.61. The topological polar surface area (TPSA) is 47.3 Å². The summed E-state index contributed by atoms with van der Waals surface area (Å²) in [5.74, 6) is 4.41. The van der Waals surface area contributed by atoms with E-state index in [1.54, 1.807) is 25.3 Å². The normalized spacial score (nSPS) is 12.3. The quantitative estimate of drug-likeness (QED) is 0.649. The van der Waals surface area contributed by atoms with Crippen molar-refractivity contribution in [3.63, 3.8) is 0 Å². The molecule has 6 heteroatoms. The van der Waals surface area contributed by atoms with Crippen LogP contribution < -0.4 is 16.0 Å². The second kappa shape index (κ2) is 6.51. The minimum Gasteiger partial charge on any atom is -0.496 e. The number of rotatable bonds is 4. The highest BCUT2D eigenvalue weighted by molar-refractivity contribution is 9.10. The molecule has 0 aliphatic carbocycles. The number of methoxy groups -OCH3 is 1. The minimum atomic E-state index is -0.898. The molecule has 0 saturated carbocycles. The first kappa shape index (κ1) is 15.9. The van der Waals surface area contributed by atoms with E-state index in [2.05, 4.69) is 21.4 Å². The molecule has 1 unspecified atom stereocenters. The molecule has 3 N–H and O–H groups in total. The van der Waals surface area contributed by atoms with E-state index >= 15 is 0 Å². The summed E-state index contributed by atoms with van der Waals surface area (Å²) >= 11 is 3.36. The van der Waals surface area contributed by atoms with Crippen LogP contribution in [0.25, 0.3) is 0 Å².